The molecule has 6 heteroatoms. The van der Waals surface area contributed by atoms with E-state index >= 15 is 0 Å². The van der Waals surface area contributed by atoms with Gasteiger partial charge in [0.05, 0.1) is 51.8 Å². The van der Waals surface area contributed by atoms with E-state index in [-0.39, 0.29) is 24.1 Å². The van der Waals surface area contributed by atoms with Crippen molar-refractivity contribution in [3.63, 3.8) is 0 Å². The molecule has 0 saturated carbocycles. The van der Waals surface area contributed by atoms with Crippen LogP contribution in [-0.2, 0) is 35.5 Å². The minimum atomic E-state index is -0.353. The summed E-state index contributed by atoms with van der Waals surface area (Å²) >= 11 is 0. The first-order chi connectivity index (χ1) is 21.7. The summed E-state index contributed by atoms with van der Waals surface area (Å²) in [5.74, 6) is -0.353. The van der Waals surface area contributed by atoms with Gasteiger partial charge in [-0.2, -0.15) is 0 Å². The van der Waals surface area contributed by atoms with Gasteiger partial charge in [0.1, 0.15) is 12.7 Å². The van der Waals surface area contributed by atoms with Crippen molar-refractivity contribution in [2.45, 2.75) is 17.9 Å². The van der Waals surface area contributed by atoms with E-state index in [2.05, 4.69) is 72.8 Å². The molecule has 4 aromatic carbocycles. The Labute approximate surface area is 259 Å². The zero-order valence-electron chi connectivity index (χ0n) is 24.9. The quantitative estimate of drug-likeness (QED) is 0.0893. The first kappa shape index (κ1) is 30.0. The first-order valence-corrected chi connectivity index (χ1v) is 15.3. The predicted molar refractivity (Wildman–Crippen MR) is 171 cm³/mol. The largest absolute Gasteiger partial charge is 0.460 e. The number of allylic oxidation sites excluding steroid dienone is 1. The number of hydrogen-bond donors (Lipinski definition) is 0. The highest BCUT2D eigenvalue weighted by molar-refractivity contribution is 6.02. The van der Waals surface area contributed by atoms with Crippen molar-refractivity contribution in [2.75, 3.05) is 52.9 Å². The smallest absolute Gasteiger partial charge is 0.339 e. The molecule has 0 aromatic heterocycles. The first-order valence-electron chi connectivity index (χ1n) is 15.3. The number of rotatable bonds is 15. The second-order valence-corrected chi connectivity index (χ2v) is 11.0. The Morgan fingerprint density at radius 3 is 1.89 bits per heavy atom. The fourth-order valence-electron chi connectivity index (χ4n) is 5.79. The maximum atomic E-state index is 13.7. The average molecular weight is 591 g/mol. The van der Waals surface area contributed by atoms with Crippen LogP contribution in [0.15, 0.2) is 109 Å². The molecule has 0 bridgehead atoms. The van der Waals surface area contributed by atoms with E-state index in [1.54, 1.807) is 0 Å². The van der Waals surface area contributed by atoms with Gasteiger partial charge in [0.2, 0.25) is 0 Å². The number of benzene rings is 4. The topological polar surface area (TPSA) is 66.5 Å². The molecule has 1 atom stereocenters. The molecule has 1 aliphatic heterocycles. The van der Waals surface area contributed by atoms with Crippen LogP contribution in [0, 0.1) is 0 Å². The standard InChI is InChI=1S/C38H38O6/c39-37(43-25-24-41-21-20-40-22-23-42-27-33-28-44-33)36-34(29-10-4-1-5-11-29)17-16-30-26-38(19-18-35(30)36,31-12-6-2-7-13-31)32-14-8-3-9-15-32/h1-19,33H,20-28H2. The molecule has 1 unspecified atom stereocenters. The summed E-state index contributed by atoms with van der Waals surface area (Å²) in [7, 11) is 0. The lowest BCUT2D eigenvalue weighted by atomic mass is 9.66. The van der Waals surface area contributed by atoms with Crippen LogP contribution in [0.25, 0.3) is 17.2 Å². The molecule has 1 saturated heterocycles. The lowest BCUT2D eigenvalue weighted by Gasteiger charge is -2.36. The normalized spacial score (nSPS) is 16.3. The Morgan fingerprint density at radius 2 is 1.27 bits per heavy atom. The number of hydrogen-bond acceptors (Lipinski definition) is 6. The van der Waals surface area contributed by atoms with Gasteiger partial charge in [0.25, 0.3) is 0 Å². The maximum absolute atomic E-state index is 13.7. The van der Waals surface area contributed by atoms with E-state index in [0.29, 0.717) is 45.2 Å². The highest BCUT2D eigenvalue weighted by Gasteiger charge is 2.36. The molecule has 6 rings (SSSR count). The van der Waals surface area contributed by atoms with Crippen molar-refractivity contribution in [3.8, 4) is 11.1 Å². The Bertz CT molecular complexity index is 1490. The fourth-order valence-corrected chi connectivity index (χ4v) is 5.79. The zero-order valence-corrected chi connectivity index (χ0v) is 24.9. The van der Waals surface area contributed by atoms with Gasteiger partial charge in [0.15, 0.2) is 0 Å². The van der Waals surface area contributed by atoms with Crippen LogP contribution in [-0.4, -0.2) is 64.9 Å². The second-order valence-electron chi connectivity index (χ2n) is 11.0. The molecular weight excluding hydrogens is 552 g/mol. The van der Waals surface area contributed by atoms with Gasteiger partial charge in [-0.05, 0) is 39.8 Å². The average Bonchev–Trinajstić information content (AvgIpc) is 3.92. The summed E-state index contributed by atoms with van der Waals surface area (Å²) in [4.78, 5) is 13.7. The molecule has 6 nitrogen and oxygen atoms in total. The van der Waals surface area contributed by atoms with Gasteiger partial charge in [-0.3, -0.25) is 0 Å². The third-order valence-electron chi connectivity index (χ3n) is 8.12. The summed E-state index contributed by atoms with van der Waals surface area (Å²) in [6.45, 7) is 3.78. The van der Waals surface area contributed by atoms with E-state index in [4.69, 9.17) is 23.7 Å². The van der Waals surface area contributed by atoms with Crippen LogP contribution < -0.4 is 0 Å². The summed E-state index contributed by atoms with van der Waals surface area (Å²) in [6, 6.07) is 35.3. The van der Waals surface area contributed by atoms with Gasteiger partial charge in [0, 0.05) is 5.41 Å². The monoisotopic (exact) mass is 590 g/mol. The molecule has 2 aliphatic rings. The van der Waals surface area contributed by atoms with Gasteiger partial charge in [-0.15, -0.1) is 0 Å². The summed E-state index contributed by atoms with van der Waals surface area (Å²) < 4.78 is 27.5. The Balaban J connectivity index is 1.16. The molecule has 0 amide bonds. The maximum Gasteiger partial charge on any atom is 0.339 e. The van der Waals surface area contributed by atoms with Crippen LogP contribution in [0.1, 0.15) is 32.6 Å². The number of carbonyl (C=O) groups is 1. The lowest BCUT2D eigenvalue weighted by molar-refractivity contribution is -0.000859. The molecule has 4 aromatic rings. The summed E-state index contributed by atoms with van der Waals surface area (Å²) in [5, 5.41) is 0. The summed E-state index contributed by atoms with van der Waals surface area (Å²) in [6.07, 6.45) is 5.35. The molecular formula is C38H38O6. The van der Waals surface area contributed by atoms with Gasteiger partial charge >= 0.3 is 5.97 Å². The van der Waals surface area contributed by atoms with Crippen molar-refractivity contribution < 1.29 is 28.5 Å². The van der Waals surface area contributed by atoms with Crippen molar-refractivity contribution in [1.29, 1.82) is 0 Å². The molecule has 1 aliphatic carbocycles. The van der Waals surface area contributed by atoms with E-state index in [0.717, 1.165) is 35.3 Å². The lowest BCUT2D eigenvalue weighted by Crippen LogP contribution is -2.31. The Kier molecular flexibility index (Phi) is 9.95. The van der Waals surface area contributed by atoms with E-state index in [9.17, 15) is 4.79 Å². The van der Waals surface area contributed by atoms with Crippen LogP contribution in [0.3, 0.4) is 0 Å². The third-order valence-corrected chi connectivity index (χ3v) is 8.12. The molecule has 0 spiro atoms. The predicted octanol–water partition coefficient (Wildman–Crippen LogP) is 6.51. The van der Waals surface area contributed by atoms with E-state index in [1.807, 2.05) is 42.5 Å². The number of esters is 1. The minimum Gasteiger partial charge on any atom is -0.460 e. The SMILES string of the molecule is O=C(OCCOCCOCCOCC1CO1)c1c(-c2ccccc2)ccc2c1C=CC(c1ccccc1)(c1ccccc1)C2. The minimum absolute atomic E-state index is 0.156. The van der Waals surface area contributed by atoms with Gasteiger partial charge < -0.3 is 23.7 Å². The zero-order chi connectivity index (χ0) is 30.0. The third kappa shape index (κ3) is 7.17. The summed E-state index contributed by atoms with van der Waals surface area (Å²) in [5.41, 5.74) is 6.50. The number of carbonyl (C=O) groups excluding carboxylic acids is 1. The number of ether oxygens (including phenoxy) is 5. The molecule has 226 valence electrons. The highest BCUT2D eigenvalue weighted by atomic mass is 16.6. The van der Waals surface area contributed by atoms with Crippen molar-refractivity contribution in [1.82, 2.24) is 0 Å². The van der Waals surface area contributed by atoms with Crippen molar-refractivity contribution >= 4 is 12.0 Å². The Hall–Kier alpha value is -4.07. The van der Waals surface area contributed by atoms with Gasteiger partial charge in [-0.1, -0.05) is 115 Å². The number of epoxide rings is 1. The van der Waals surface area contributed by atoms with Gasteiger partial charge in [-0.25, -0.2) is 4.79 Å². The van der Waals surface area contributed by atoms with Crippen molar-refractivity contribution in [2.24, 2.45) is 0 Å². The molecule has 0 radical (unpaired) electrons. The molecule has 1 fully saturated rings. The van der Waals surface area contributed by atoms with E-state index < -0.39 is 0 Å². The second kappa shape index (κ2) is 14.6. The molecule has 1 heterocycles. The van der Waals surface area contributed by atoms with Crippen LogP contribution in [0.4, 0.5) is 0 Å². The van der Waals surface area contributed by atoms with Crippen LogP contribution >= 0.6 is 0 Å². The fraction of sp³-hybridized carbons (Fsp3) is 0.289. The molecule has 44 heavy (non-hydrogen) atoms. The van der Waals surface area contributed by atoms with Crippen LogP contribution in [0.2, 0.25) is 0 Å². The van der Waals surface area contributed by atoms with Crippen molar-refractivity contribution in [3.05, 3.63) is 137 Å². The Morgan fingerprint density at radius 1 is 0.705 bits per heavy atom. The van der Waals surface area contributed by atoms with E-state index in [1.165, 1.54) is 11.1 Å². The molecule has 0 N–H and O–H groups in total. The highest BCUT2D eigenvalue weighted by Crippen LogP contribution is 2.43. The van der Waals surface area contributed by atoms with Crippen LogP contribution in [0.5, 0.6) is 0 Å². The number of fused-ring (bicyclic) bond motifs is 1.